The van der Waals surface area contributed by atoms with Gasteiger partial charge in [-0.15, -0.1) is 0 Å². The first-order chi connectivity index (χ1) is 13.8. The lowest BCUT2D eigenvalue weighted by Crippen LogP contribution is -2.51. The van der Waals surface area contributed by atoms with Crippen LogP contribution < -0.4 is 5.32 Å². The van der Waals surface area contributed by atoms with Gasteiger partial charge in [-0.3, -0.25) is 14.5 Å². The van der Waals surface area contributed by atoms with Gasteiger partial charge in [-0.25, -0.2) is 13.2 Å². The van der Waals surface area contributed by atoms with E-state index in [1.54, 1.807) is 0 Å². The molecule has 3 aliphatic heterocycles. The minimum absolute atomic E-state index is 0.0548. The van der Waals surface area contributed by atoms with Gasteiger partial charge < -0.3 is 15.0 Å². The lowest BCUT2D eigenvalue weighted by molar-refractivity contribution is -0.141. The average molecular weight is 428 g/mol. The van der Waals surface area contributed by atoms with Gasteiger partial charge in [-0.05, 0) is 32.1 Å². The Bertz CT molecular complexity index is 786. The van der Waals surface area contributed by atoms with Crippen LogP contribution in [0.15, 0.2) is 0 Å². The third-order valence-corrected chi connectivity index (χ3v) is 8.39. The van der Waals surface area contributed by atoms with Crippen LogP contribution in [-0.2, 0) is 24.2 Å². The maximum Gasteiger partial charge on any atom is 0.325 e. The number of urea groups is 1. The Labute approximate surface area is 171 Å². The molecule has 0 radical (unpaired) electrons. The van der Waals surface area contributed by atoms with E-state index in [0.29, 0.717) is 32.4 Å². The maximum absolute atomic E-state index is 13.1. The van der Waals surface area contributed by atoms with Gasteiger partial charge in [0.2, 0.25) is 5.91 Å². The van der Waals surface area contributed by atoms with Gasteiger partial charge in [0.05, 0.1) is 17.6 Å². The number of nitrogens with zero attached hydrogens (tertiary/aromatic N) is 2. The van der Waals surface area contributed by atoms with E-state index >= 15 is 0 Å². The highest BCUT2D eigenvalue weighted by Gasteiger charge is 2.52. The highest BCUT2D eigenvalue weighted by Crippen LogP contribution is 2.33. The first-order valence-corrected chi connectivity index (χ1v) is 12.4. The van der Waals surface area contributed by atoms with Crippen LogP contribution in [0.3, 0.4) is 0 Å². The number of ether oxygens (including phenoxy) is 1. The van der Waals surface area contributed by atoms with E-state index in [1.165, 1.54) is 4.90 Å². The molecular formula is C19H29N3O6S. The van der Waals surface area contributed by atoms with Crippen LogP contribution >= 0.6 is 0 Å². The third-order valence-electron chi connectivity index (χ3n) is 6.64. The number of hydrogen-bond donors (Lipinski definition) is 1. The van der Waals surface area contributed by atoms with Crippen molar-refractivity contribution in [2.24, 2.45) is 0 Å². The van der Waals surface area contributed by atoms with Gasteiger partial charge in [0, 0.05) is 19.2 Å². The molecule has 4 rings (SSSR count). The number of nitrogens with one attached hydrogen (secondary N) is 1. The number of carbonyl (C=O) groups is 3. The second-order valence-corrected chi connectivity index (χ2v) is 10.9. The highest BCUT2D eigenvalue weighted by atomic mass is 32.2. The lowest BCUT2D eigenvalue weighted by Gasteiger charge is -2.32. The zero-order valence-corrected chi connectivity index (χ0v) is 17.4. The Morgan fingerprint density at radius 2 is 1.93 bits per heavy atom. The van der Waals surface area contributed by atoms with E-state index in [4.69, 9.17) is 4.74 Å². The molecule has 4 aliphatic rings. The number of rotatable bonds is 5. The van der Waals surface area contributed by atoms with Crippen molar-refractivity contribution in [2.45, 2.75) is 69.1 Å². The Morgan fingerprint density at radius 1 is 1.17 bits per heavy atom. The van der Waals surface area contributed by atoms with Crippen LogP contribution in [0.2, 0.25) is 0 Å². The van der Waals surface area contributed by atoms with Gasteiger partial charge in [0.1, 0.15) is 12.1 Å². The fraction of sp³-hybridized carbons (Fsp3) is 0.842. The molecule has 1 N–H and O–H groups in total. The number of imide groups is 1. The van der Waals surface area contributed by atoms with Crippen LogP contribution in [0.1, 0.15) is 51.4 Å². The van der Waals surface area contributed by atoms with Gasteiger partial charge in [-0.1, -0.05) is 19.3 Å². The van der Waals surface area contributed by atoms with Crippen molar-refractivity contribution in [1.82, 2.24) is 15.1 Å². The Hall–Kier alpha value is -1.68. The summed E-state index contributed by atoms with van der Waals surface area (Å²) < 4.78 is 29.6. The summed E-state index contributed by atoms with van der Waals surface area (Å²) in [5.74, 6) is -0.736. The lowest BCUT2D eigenvalue weighted by atomic mass is 9.82. The SMILES string of the molecule is O=C1NC2(CCCCC2)C(=O)N1CC(=O)N(C[C@@H]1CCCO1)[C@H]1CCS(=O)(=O)C1. The van der Waals surface area contributed by atoms with Gasteiger partial charge in [-0.2, -0.15) is 0 Å². The monoisotopic (exact) mass is 427 g/mol. The number of carbonyl (C=O) groups excluding carboxylic acids is 3. The number of hydrogen-bond acceptors (Lipinski definition) is 6. The van der Waals surface area contributed by atoms with Crippen molar-refractivity contribution in [1.29, 1.82) is 0 Å². The summed E-state index contributed by atoms with van der Waals surface area (Å²) in [6.07, 6.45) is 5.96. The van der Waals surface area contributed by atoms with Gasteiger partial charge in [0.15, 0.2) is 9.84 Å². The van der Waals surface area contributed by atoms with Crippen LogP contribution in [0.25, 0.3) is 0 Å². The molecule has 1 saturated carbocycles. The second-order valence-electron chi connectivity index (χ2n) is 8.70. The number of sulfone groups is 1. The zero-order chi connectivity index (χ0) is 20.6. The van der Waals surface area contributed by atoms with Crippen molar-refractivity contribution in [3.8, 4) is 0 Å². The fourth-order valence-corrected chi connectivity index (χ4v) is 6.75. The Balaban J connectivity index is 1.48. The molecule has 29 heavy (non-hydrogen) atoms. The van der Waals surface area contributed by atoms with Crippen molar-refractivity contribution in [3.63, 3.8) is 0 Å². The first-order valence-electron chi connectivity index (χ1n) is 10.6. The summed E-state index contributed by atoms with van der Waals surface area (Å²) in [6.45, 7) is 0.578. The van der Waals surface area contributed by atoms with E-state index < -0.39 is 27.4 Å². The minimum atomic E-state index is -3.17. The Kier molecular flexibility index (Phi) is 5.58. The van der Waals surface area contributed by atoms with Crippen molar-refractivity contribution >= 4 is 27.7 Å². The second kappa shape index (κ2) is 7.86. The molecule has 4 fully saturated rings. The molecule has 10 heteroatoms. The fourth-order valence-electron chi connectivity index (χ4n) is 5.02. The van der Waals surface area contributed by atoms with Gasteiger partial charge in [0.25, 0.3) is 5.91 Å². The molecule has 0 aromatic heterocycles. The molecule has 9 nitrogen and oxygen atoms in total. The zero-order valence-electron chi connectivity index (χ0n) is 16.6. The quantitative estimate of drug-likeness (QED) is 0.637. The molecule has 4 amide bonds. The van der Waals surface area contributed by atoms with E-state index in [-0.39, 0.29) is 36.0 Å². The summed E-state index contributed by atoms with van der Waals surface area (Å²) in [5, 5.41) is 2.82. The molecular weight excluding hydrogens is 398 g/mol. The standard InChI is InChI=1S/C19H29N3O6S/c23-16(12-22-17(24)19(20-18(22)25)7-2-1-3-8-19)21(11-15-5-4-9-28-15)14-6-10-29(26,27)13-14/h14-15H,1-13H2,(H,20,25)/t14-,15-/m0/s1. The maximum atomic E-state index is 13.1. The van der Waals surface area contributed by atoms with Crippen LogP contribution in [-0.4, -0.2) is 84.9 Å². The van der Waals surface area contributed by atoms with Crippen LogP contribution in [0, 0.1) is 0 Å². The van der Waals surface area contributed by atoms with Crippen molar-refractivity contribution in [2.75, 3.05) is 31.2 Å². The molecule has 0 unspecified atom stereocenters. The largest absolute Gasteiger partial charge is 0.376 e. The average Bonchev–Trinajstić information content (AvgIpc) is 3.37. The molecule has 2 atom stereocenters. The molecule has 1 spiro atoms. The molecule has 1 aliphatic carbocycles. The summed E-state index contributed by atoms with van der Waals surface area (Å²) >= 11 is 0. The van der Waals surface area contributed by atoms with Gasteiger partial charge >= 0.3 is 6.03 Å². The summed E-state index contributed by atoms with van der Waals surface area (Å²) in [4.78, 5) is 41.2. The first kappa shape index (κ1) is 20.6. The predicted molar refractivity (Wildman–Crippen MR) is 104 cm³/mol. The van der Waals surface area contributed by atoms with E-state index in [1.807, 2.05) is 0 Å². The minimum Gasteiger partial charge on any atom is -0.376 e. The smallest absolute Gasteiger partial charge is 0.325 e. The number of amides is 4. The van der Waals surface area contributed by atoms with E-state index in [2.05, 4.69) is 5.32 Å². The Morgan fingerprint density at radius 3 is 2.55 bits per heavy atom. The van der Waals surface area contributed by atoms with E-state index in [9.17, 15) is 22.8 Å². The van der Waals surface area contributed by atoms with Crippen LogP contribution in [0.5, 0.6) is 0 Å². The summed E-state index contributed by atoms with van der Waals surface area (Å²) in [6, 6.07) is -0.956. The van der Waals surface area contributed by atoms with Crippen molar-refractivity contribution in [3.05, 3.63) is 0 Å². The molecule has 3 saturated heterocycles. The highest BCUT2D eigenvalue weighted by molar-refractivity contribution is 7.91. The molecule has 162 valence electrons. The van der Waals surface area contributed by atoms with Crippen LogP contribution in [0.4, 0.5) is 4.79 Å². The summed E-state index contributed by atoms with van der Waals surface area (Å²) in [5.41, 5.74) is -0.869. The topological polar surface area (TPSA) is 113 Å². The molecule has 0 aromatic rings. The van der Waals surface area contributed by atoms with E-state index in [0.717, 1.165) is 37.0 Å². The molecule has 3 heterocycles. The molecule has 0 aromatic carbocycles. The molecule has 0 bridgehead atoms. The summed E-state index contributed by atoms with van der Waals surface area (Å²) in [7, 11) is -3.17. The van der Waals surface area contributed by atoms with Crippen molar-refractivity contribution < 1.29 is 27.5 Å². The normalized spacial score (nSPS) is 30.7. The predicted octanol–water partition coefficient (Wildman–Crippen LogP) is 0.436. The third kappa shape index (κ3) is 4.14.